The second-order valence-electron chi connectivity index (χ2n) is 10.1. The van der Waals surface area contributed by atoms with E-state index in [9.17, 15) is 4.39 Å². The van der Waals surface area contributed by atoms with E-state index in [-0.39, 0.29) is 18.2 Å². The van der Waals surface area contributed by atoms with Crippen molar-refractivity contribution in [2.24, 2.45) is 0 Å². The number of piperazine rings is 1. The van der Waals surface area contributed by atoms with E-state index in [2.05, 4.69) is 32.9 Å². The summed E-state index contributed by atoms with van der Waals surface area (Å²) in [5.74, 6) is 0.832. The average molecular weight is 488 g/mol. The zero-order chi connectivity index (χ0) is 22.7. The van der Waals surface area contributed by atoms with Crippen molar-refractivity contribution in [3.63, 3.8) is 0 Å². The molecule has 3 aliphatic rings. The van der Waals surface area contributed by atoms with E-state index < -0.39 is 0 Å². The SMILES string of the molecule is COc1ccc2c(c1)CCC1(CCCCN1CCCN1CCN(c3ccc(F)cc3)CC1)C2.Cl. The molecule has 0 N–H and O–H groups in total. The molecule has 4 nitrogen and oxygen atoms in total. The van der Waals surface area contributed by atoms with Gasteiger partial charge in [0.05, 0.1) is 7.11 Å². The molecule has 186 valence electrons. The van der Waals surface area contributed by atoms with E-state index in [1.54, 1.807) is 19.2 Å². The zero-order valence-corrected chi connectivity index (χ0v) is 21.3. The second-order valence-corrected chi connectivity index (χ2v) is 10.1. The molecule has 1 atom stereocenters. The number of halogens is 2. The quantitative estimate of drug-likeness (QED) is 0.558. The highest BCUT2D eigenvalue weighted by Crippen LogP contribution is 2.40. The van der Waals surface area contributed by atoms with Gasteiger partial charge in [0.2, 0.25) is 0 Å². The summed E-state index contributed by atoms with van der Waals surface area (Å²) < 4.78 is 18.7. The summed E-state index contributed by atoms with van der Waals surface area (Å²) in [6.45, 7) is 7.89. The van der Waals surface area contributed by atoms with E-state index in [0.29, 0.717) is 5.54 Å². The molecule has 2 saturated heterocycles. The number of rotatable bonds is 6. The van der Waals surface area contributed by atoms with Crippen LogP contribution in [0.1, 0.15) is 43.2 Å². The number of likely N-dealkylation sites (tertiary alicyclic amines) is 1. The van der Waals surface area contributed by atoms with Crippen molar-refractivity contribution in [2.45, 2.75) is 50.5 Å². The summed E-state index contributed by atoms with van der Waals surface area (Å²) in [5, 5.41) is 0. The van der Waals surface area contributed by atoms with E-state index >= 15 is 0 Å². The lowest BCUT2D eigenvalue weighted by Gasteiger charge is -2.50. The summed E-state index contributed by atoms with van der Waals surface area (Å²) in [7, 11) is 1.76. The molecule has 2 aliphatic heterocycles. The van der Waals surface area contributed by atoms with E-state index in [0.717, 1.165) is 37.6 Å². The molecular weight excluding hydrogens is 449 g/mol. The van der Waals surface area contributed by atoms with Crippen molar-refractivity contribution in [1.29, 1.82) is 0 Å². The van der Waals surface area contributed by atoms with Gasteiger partial charge < -0.3 is 9.64 Å². The smallest absolute Gasteiger partial charge is 0.123 e. The number of hydrogen-bond donors (Lipinski definition) is 0. The molecule has 2 aromatic carbocycles. The Labute approximate surface area is 210 Å². The first-order valence-electron chi connectivity index (χ1n) is 12.8. The number of anilines is 1. The molecule has 34 heavy (non-hydrogen) atoms. The van der Waals surface area contributed by atoms with Crippen LogP contribution in [0.15, 0.2) is 42.5 Å². The number of fused-ring (bicyclic) bond motifs is 1. The number of piperidine rings is 1. The molecule has 2 fully saturated rings. The number of hydrogen-bond acceptors (Lipinski definition) is 4. The third kappa shape index (κ3) is 5.53. The maximum atomic E-state index is 13.2. The summed E-state index contributed by atoms with van der Waals surface area (Å²) in [6.07, 6.45) is 8.95. The lowest BCUT2D eigenvalue weighted by molar-refractivity contribution is 0.0304. The molecule has 0 radical (unpaired) electrons. The third-order valence-electron chi connectivity index (χ3n) is 8.25. The van der Waals surface area contributed by atoms with Crippen molar-refractivity contribution in [2.75, 3.05) is 57.8 Å². The largest absolute Gasteiger partial charge is 0.497 e. The molecular formula is C28H39ClFN3O. The summed E-state index contributed by atoms with van der Waals surface area (Å²) >= 11 is 0. The molecule has 6 heteroatoms. The van der Waals surface area contributed by atoms with Crippen LogP contribution in [0.3, 0.4) is 0 Å². The highest BCUT2D eigenvalue weighted by Gasteiger charge is 2.41. The number of methoxy groups -OCH3 is 1. The van der Waals surface area contributed by atoms with Gasteiger partial charge in [0.25, 0.3) is 0 Å². The third-order valence-corrected chi connectivity index (χ3v) is 8.25. The van der Waals surface area contributed by atoms with Crippen LogP contribution in [0.4, 0.5) is 10.1 Å². The Bertz CT molecular complexity index is 932. The molecule has 2 heterocycles. The van der Waals surface area contributed by atoms with Gasteiger partial charge in [-0.05, 0) is 106 Å². The van der Waals surface area contributed by atoms with Gasteiger partial charge >= 0.3 is 0 Å². The number of nitrogens with zero attached hydrogens (tertiary/aromatic N) is 3. The lowest BCUT2D eigenvalue weighted by atomic mass is 9.72. The monoisotopic (exact) mass is 487 g/mol. The van der Waals surface area contributed by atoms with Crippen molar-refractivity contribution in [3.8, 4) is 5.75 Å². The van der Waals surface area contributed by atoms with Gasteiger partial charge in [-0.3, -0.25) is 9.80 Å². The Morgan fingerprint density at radius 3 is 2.44 bits per heavy atom. The van der Waals surface area contributed by atoms with Crippen molar-refractivity contribution in [3.05, 3.63) is 59.4 Å². The lowest BCUT2D eigenvalue weighted by Crippen LogP contribution is -2.55. The molecule has 0 saturated carbocycles. The fourth-order valence-electron chi connectivity index (χ4n) is 6.30. The van der Waals surface area contributed by atoms with Crippen LogP contribution in [0.5, 0.6) is 5.75 Å². The predicted octanol–water partition coefficient (Wildman–Crippen LogP) is 5.18. The molecule has 5 rings (SSSR count). The number of aryl methyl sites for hydroxylation is 1. The minimum atomic E-state index is -0.158. The molecule has 2 aromatic rings. The Morgan fingerprint density at radius 1 is 0.882 bits per heavy atom. The van der Waals surface area contributed by atoms with Crippen LogP contribution in [0.25, 0.3) is 0 Å². The fraction of sp³-hybridized carbons (Fsp3) is 0.571. The Kier molecular flexibility index (Phi) is 8.39. The van der Waals surface area contributed by atoms with Gasteiger partial charge in [0, 0.05) is 37.4 Å². The van der Waals surface area contributed by atoms with Crippen LogP contribution < -0.4 is 9.64 Å². The van der Waals surface area contributed by atoms with Crippen LogP contribution in [0, 0.1) is 5.82 Å². The fourth-order valence-corrected chi connectivity index (χ4v) is 6.30. The normalized spacial score (nSPS) is 23.4. The van der Waals surface area contributed by atoms with Gasteiger partial charge in [0.1, 0.15) is 11.6 Å². The van der Waals surface area contributed by atoms with E-state index in [1.807, 2.05) is 12.1 Å². The van der Waals surface area contributed by atoms with Gasteiger partial charge in [-0.1, -0.05) is 12.5 Å². The highest BCUT2D eigenvalue weighted by atomic mass is 35.5. The van der Waals surface area contributed by atoms with Crippen LogP contribution in [-0.4, -0.2) is 68.3 Å². The predicted molar refractivity (Wildman–Crippen MR) is 140 cm³/mol. The molecule has 0 aromatic heterocycles. The topological polar surface area (TPSA) is 19.0 Å². The summed E-state index contributed by atoms with van der Waals surface area (Å²) in [5.41, 5.74) is 4.53. The van der Waals surface area contributed by atoms with E-state index in [4.69, 9.17) is 4.74 Å². The van der Waals surface area contributed by atoms with Gasteiger partial charge in [0.15, 0.2) is 0 Å². The summed E-state index contributed by atoms with van der Waals surface area (Å²) in [6, 6.07) is 13.6. The second kappa shape index (κ2) is 11.3. The molecule has 1 aliphatic carbocycles. The van der Waals surface area contributed by atoms with Crippen molar-refractivity contribution < 1.29 is 9.13 Å². The maximum absolute atomic E-state index is 13.2. The van der Waals surface area contributed by atoms with Gasteiger partial charge in [-0.25, -0.2) is 4.39 Å². The zero-order valence-electron chi connectivity index (χ0n) is 20.5. The van der Waals surface area contributed by atoms with Crippen LogP contribution in [0.2, 0.25) is 0 Å². The average Bonchev–Trinajstić information content (AvgIpc) is 2.86. The molecule has 0 amide bonds. The minimum Gasteiger partial charge on any atom is -0.497 e. The molecule has 1 unspecified atom stereocenters. The Hall–Kier alpha value is -1.82. The maximum Gasteiger partial charge on any atom is 0.123 e. The summed E-state index contributed by atoms with van der Waals surface area (Å²) in [4.78, 5) is 7.83. The molecule has 0 bridgehead atoms. The molecule has 1 spiro atoms. The first kappa shape index (κ1) is 25.3. The standard InChI is InChI=1S/C28H38FN3O.ClH/c1-33-27-10-5-24-22-28(13-11-23(24)21-27)12-2-3-15-32(28)16-4-14-30-17-19-31(20-18-30)26-8-6-25(29)7-9-26;/h5-10,21H,2-4,11-20,22H2,1H3;1H. The Morgan fingerprint density at radius 2 is 1.68 bits per heavy atom. The van der Waals surface area contributed by atoms with E-state index in [1.165, 1.54) is 75.7 Å². The first-order chi connectivity index (χ1) is 16.1. The number of benzene rings is 2. The number of ether oxygens (including phenoxy) is 1. The first-order valence-corrected chi connectivity index (χ1v) is 12.8. The highest BCUT2D eigenvalue weighted by molar-refractivity contribution is 5.85. The van der Waals surface area contributed by atoms with Crippen LogP contribution in [-0.2, 0) is 12.8 Å². The Balaban J connectivity index is 0.00000274. The van der Waals surface area contributed by atoms with Gasteiger partial charge in [-0.15, -0.1) is 12.4 Å². The van der Waals surface area contributed by atoms with Crippen molar-refractivity contribution in [1.82, 2.24) is 9.80 Å². The minimum absolute atomic E-state index is 0. The van der Waals surface area contributed by atoms with Crippen molar-refractivity contribution >= 4 is 18.1 Å². The van der Waals surface area contributed by atoms with Crippen LogP contribution >= 0.6 is 12.4 Å². The van der Waals surface area contributed by atoms with Gasteiger partial charge in [-0.2, -0.15) is 0 Å².